The van der Waals surface area contributed by atoms with Crippen molar-refractivity contribution in [3.63, 3.8) is 0 Å². The number of hydrogen-bond donors (Lipinski definition) is 1. The molecule has 4 aromatic carbocycles. The molecule has 0 heterocycles. The van der Waals surface area contributed by atoms with Crippen molar-refractivity contribution in [3.8, 4) is 0 Å². The van der Waals surface area contributed by atoms with Crippen LogP contribution in [0.2, 0.25) is 0 Å². The van der Waals surface area contributed by atoms with Crippen LogP contribution in [0.1, 0.15) is 28.3 Å². The standard InChI is InChI=1S/C26H23N3/c1-19-9-7-14-22(17-19)25(24-16-8-13-20-10-5-6-15-23(20)24)29-26(28-18-27)21-11-3-2-4-12-21/h2-18,25H,1H3,(H2,27,28,29). The molecule has 0 fully saturated rings. The van der Waals surface area contributed by atoms with Crippen molar-refractivity contribution in [2.45, 2.75) is 13.0 Å². The lowest BCUT2D eigenvalue weighted by Gasteiger charge is -2.18. The maximum atomic E-state index is 5.66. The minimum Gasteiger partial charge on any atom is -0.390 e. The molecule has 0 saturated carbocycles. The van der Waals surface area contributed by atoms with Crippen LogP contribution in [0.5, 0.6) is 0 Å². The summed E-state index contributed by atoms with van der Waals surface area (Å²) in [6.45, 7) is 2.10. The fourth-order valence-corrected chi connectivity index (χ4v) is 3.62. The normalized spacial score (nSPS) is 13.1. The number of aliphatic imine (C=N–C) groups is 2. The first-order valence-corrected chi connectivity index (χ1v) is 9.68. The number of aryl methyl sites for hydroxylation is 1. The Morgan fingerprint density at radius 3 is 2.34 bits per heavy atom. The largest absolute Gasteiger partial charge is 0.390 e. The van der Waals surface area contributed by atoms with Gasteiger partial charge in [0.25, 0.3) is 0 Å². The second-order valence-electron chi connectivity index (χ2n) is 6.98. The summed E-state index contributed by atoms with van der Waals surface area (Å²) >= 11 is 0. The van der Waals surface area contributed by atoms with Crippen LogP contribution in [0.15, 0.2) is 107 Å². The molecule has 1 atom stereocenters. The van der Waals surface area contributed by atoms with Crippen molar-refractivity contribution in [3.05, 3.63) is 119 Å². The number of rotatable bonds is 4. The van der Waals surface area contributed by atoms with Gasteiger partial charge in [-0.3, -0.25) is 4.99 Å². The van der Waals surface area contributed by atoms with E-state index in [4.69, 9.17) is 10.7 Å². The Morgan fingerprint density at radius 2 is 1.55 bits per heavy atom. The van der Waals surface area contributed by atoms with Crippen LogP contribution in [-0.2, 0) is 0 Å². The summed E-state index contributed by atoms with van der Waals surface area (Å²) in [7, 11) is 0. The predicted molar refractivity (Wildman–Crippen MR) is 123 cm³/mol. The molecule has 0 aliphatic carbocycles. The molecule has 0 bridgehead atoms. The molecule has 3 heteroatoms. The van der Waals surface area contributed by atoms with E-state index in [9.17, 15) is 0 Å². The topological polar surface area (TPSA) is 50.7 Å². The first kappa shape index (κ1) is 18.6. The first-order chi connectivity index (χ1) is 14.3. The number of hydrogen-bond acceptors (Lipinski definition) is 1. The van der Waals surface area contributed by atoms with Crippen molar-refractivity contribution in [1.82, 2.24) is 0 Å². The molecule has 3 nitrogen and oxygen atoms in total. The van der Waals surface area contributed by atoms with Gasteiger partial charge in [0, 0.05) is 5.56 Å². The van der Waals surface area contributed by atoms with E-state index in [1.807, 2.05) is 30.3 Å². The molecule has 4 rings (SSSR count). The van der Waals surface area contributed by atoms with Crippen molar-refractivity contribution >= 4 is 22.9 Å². The van der Waals surface area contributed by atoms with Crippen LogP contribution < -0.4 is 5.73 Å². The molecule has 0 aromatic heterocycles. The highest BCUT2D eigenvalue weighted by molar-refractivity contribution is 6.03. The lowest BCUT2D eigenvalue weighted by Crippen LogP contribution is -2.07. The van der Waals surface area contributed by atoms with Gasteiger partial charge >= 0.3 is 0 Å². The molecule has 142 valence electrons. The van der Waals surface area contributed by atoms with Crippen molar-refractivity contribution in [2.24, 2.45) is 15.7 Å². The number of nitrogens with two attached hydrogens (primary N) is 1. The Morgan fingerprint density at radius 1 is 0.828 bits per heavy atom. The molecule has 29 heavy (non-hydrogen) atoms. The van der Waals surface area contributed by atoms with Crippen molar-refractivity contribution in [1.29, 1.82) is 0 Å². The summed E-state index contributed by atoms with van der Waals surface area (Å²) in [5.41, 5.74) is 10.1. The van der Waals surface area contributed by atoms with Crippen LogP contribution in [0, 0.1) is 6.92 Å². The molecule has 0 amide bonds. The molecule has 0 aliphatic rings. The molecule has 1 unspecified atom stereocenters. The van der Waals surface area contributed by atoms with Crippen LogP contribution in [-0.4, -0.2) is 12.2 Å². The van der Waals surface area contributed by atoms with Gasteiger partial charge in [0.05, 0.1) is 6.34 Å². The van der Waals surface area contributed by atoms with Crippen molar-refractivity contribution < 1.29 is 0 Å². The van der Waals surface area contributed by atoms with E-state index in [-0.39, 0.29) is 6.04 Å². The Kier molecular flexibility index (Phi) is 5.48. The molecule has 0 aliphatic heterocycles. The lowest BCUT2D eigenvalue weighted by atomic mass is 9.93. The molecule has 0 spiro atoms. The summed E-state index contributed by atoms with van der Waals surface area (Å²) in [4.78, 5) is 9.50. The summed E-state index contributed by atoms with van der Waals surface area (Å²) in [5, 5.41) is 2.39. The van der Waals surface area contributed by atoms with Gasteiger partial charge in [-0.2, -0.15) is 0 Å². The Hall–Kier alpha value is -3.72. The SMILES string of the molecule is Cc1cccc(C(N=C(N=CN)c2ccccc2)c2cccc3ccccc23)c1. The fraction of sp³-hybridized carbons (Fsp3) is 0.0769. The van der Waals surface area contributed by atoms with Gasteiger partial charge in [-0.15, -0.1) is 0 Å². The van der Waals surface area contributed by atoms with Gasteiger partial charge in [0.1, 0.15) is 6.04 Å². The quantitative estimate of drug-likeness (QED) is 0.361. The Balaban J connectivity index is 1.96. The monoisotopic (exact) mass is 377 g/mol. The average Bonchev–Trinajstić information content (AvgIpc) is 2.77. The third-order valence-corrected chi connectivity index (χ3v) is 4.96. The zero-order valence-electron chi connectivity index (χ0n) is 16.4. The van der Waals surface area contributed by atoms with E-state index in [1.54, 1.807) is 0 Å². The first-order valence-electron chi connectivity index (χ1n) is 9.68. The molecule has 0 saturated heterocycles. The van der Waals surface area contributed by atoms with E-state index < -0.39 is 0 Å². The van der Waals surface area contributed by atoms with Gasteiger partial charge in [0.15, 0.2) is 5.84 Å². The predicted octanol–water partition coefficient (Wildman–Crippen LogP) is 5.67. The highest BCUT2D eigenvalue weighted by Crippen LogP contribution is 2.33. The maximum Gasteiger partial charge on any atom is 0.157 e. The van der Waals surface area contributed by atoms with Gasteiger partial charge in [0.2, 0.25) is 0 Å². The molecule has 2 N–H and O–H groups in total. The van der Waals surface area contributed by atoms with Crippen LogP contribution in [0.25, 0.3) is 10.8 Å². The van der Waals surface area contributed by atoms with E-state index in [1.165, 1.54) is 22.7 Å². The zero-order chi connectivity index (χ0) is 20.1. The van der Waals surface area contributed by atoms with Crippen molar-refractivity contribution in [2.75, 3.05) is 0 Å². The molecule has 0 radical (unpaired) electrons. The Labute approximate surface area is 171 Å². The highest BCUT2D eigenvalue weighted by atomic mass is 15.0. The third-order valence-electron chi connectivity index (χ3n) is 4.96. The van der Waals surface area contributed by atoms with E-state index in [2.05, 4.69) is 78.6 Å². The minimum absolute atomic E-state index is 0.195. The zero-order valence-corrected chi connectivity index (χ0v) is 16.4. The van der Waals surface area contributed by atoms with E-state index in [0.29, 0.717) is 5.84 Å². The lowest BCUT2D eigenvalue weighted by molar-refractivity contribution is 0.878. The maximum absolute atomic E-state index is 5.66. The Bertz CT molecular complexity index is 1170. The third kappa shape index (κ3) is 4.09. The van der Waals surface area contributed by atoms with Gasteiger partial charge in [-0.25, -0.2) is 4.99 Å². The number of amidine groups is 1. The summed E-state index contributed by atoms with van der Waals surface area (Å²) in [6.07, 6.45) is 1.31. The molecular weight excluding hydrogens is 354 g/mol. The summed E-state index contributed by atoms with van der Waals surface area (Å²) in [5.74, 6) is 0.618. The van der Waals surface area contributed by atoms with Gasteiger partial charge < -0.3 is 5.73 Å². The average molecular weight is 377 g/mol. The fourth-order valence-electron chi connectivity index (χ4n) is 3.62. The van der Waals surface area contributed by atoms with Gasteiger partial charge in [-0.1, -0.05) is 103 Å². The van der Waals surface area contributed by atoms with E-state index >= 15 is 0 Å². The minimum atomic E-state index is -0.195. The number of fused-ring (bicyclic) bond motifs is 1. The number of nitrogens with zero attached hydrogens (tertiary/aromatic N) is 2. The second-order valence-corrected chi connectivity index (χ2v) is 6.98. The smallest absolute Gasteiger partial charge is 0.157 e. The number of benzene rings is 4. The second kappa shape index (κ2) is 8.53. The van der Waals surface area contributed by atoms with Crippen LogP contribution >= 0.6 is 0 Å². The van der Waals surface area contributed by atoms with Gasteiger partial charge in [-0.05, 0) is 28.8 Å². The van der Waals surface area contributed by atoms with Crippen LogP contribution in [0.4, 0.5) is 0 Å². The van der Waals surface area contributed by atoms with E-state index in [0.717, 1.165) is 16.7 Å². The highest BCUT2D eigenvalue weighted by Gasteiger charge is 2.17. The molecular formula is C26H23N3. The summed E-state index contributed by atoms with van der Waals surface area (Å²) in [6, 6.07) is 33.0. The summed E-state index contributed by atoms with van der Waals surface area (Å²) < 4.78 is 0. The molecule has 4 aromatic rings. The van der Waals surface area contributed by atoms with Crippen LogP contribution in [0.3, 0.4) is 0 Å².